The van der Waals surface area contributed by atoms with E-state index in [2.05, 4.69) is 10.4 Å². The molecule has 1 rings (SSSR count). The number of hydrogen-bond donors (Lipinski definition) is 1. The summed E-state index contributed by atoms with van der Waals surface area (Å²) >= 11 is 0. The molecule has 1 aromatic heterocycles. The van der Waals surface area contributed by atoms with Gasteiger partial charge in [0.2, 0.25) is 0 Å². The molecular formula is C12H22FN3O. The first-order chi connectivity index (χ1) is 7.89. The van der Waals surface area contributed by atoms with Gasteiger partial charge in [-0.2, -0.15) is 5.10 Å². The van der Waals surface area contributed by atoms with Gasteiger partial charge >= 0.3 is 0 Å². The Bertz CT molecular complexity index is 336. The van der Waals surface area contributed by atoms with E-state index in [1.54, 1.807) is 10.9 Å². The van der Waals surface area contributed by atoms with E-state index in [0.29, 0.717) is 18.0 Å². The fourth-order valence-corrected chi connectivity index (χ4v) is 1.60. The third-order valence-corrected chi connectivity index (χ3v) is 2.47. The number of nitrogens with zero attached hydrogens (tertiary/aromatic N) is 2. The van der Waals surface area contributed by atoms with Crippen LogP contribution >= 0.6 is 0 Å². The van der Waals surface area contributed by atoms with E-state index in [9.17, 15) is 4.39 Å². The van der Waals surface area contributed by atoms with Crippen molar-refractivity contribution in [2.75, 3.05) is 13.7 Å². The Morgan fingerprint density at radius 2 is 2.18 bits per heavy atom. The molecule has 0 amide bonds. The second-order valence-electron chi connectivity index (χ2n) is 5.01. The van der Waals surface area contributed by atoms with Crippen molar-refractivity contribution in [2.45, 2.75) is 46.0 Å². The molecule has 1 N–H and O–H groups in total. The van der Waals surface area contributed by atoms with Crippen LogP contribution in [-0.2, 0) is 6.54 Å². The van der Waals surface area contributed by atoms with Gasteiger partial charge in [0.15, 0.2) is 11.9 Å². The zero-order valence-electron chi connectivity index (χ0n) is 11.2. The molecule has 0 aliphatic rings. The highest BCUT2D eigenvalue weighted by molar-refractivity contribution is 5.27. The summed E-state index contributed by atoms with van der Waals surface area (Å²) in [6, 6.07) is 0. The van der Waals surface area contributed by atoms with Crippen LogP contribution in [0.15, 0.2) is 6.20 Å². The molecule has 0 aliphatic carbocycles. The summed E-state index contributed by atoms with van der Waals surface area (Å²) in [6.45, 7) is 8.84. The Balaban J connectivity index is 2.79. The van der Waals surface area contributed by atoms with Gasteiger partial charge in [0.1, 0.15) is 5.69 Å². The molecule has 0 spiro atoms. The number of methoxy groups -OCH3 is 1. The second-order valence-corrected chi connectivity index (χ2v) is 5.01. The number of ether oxygens (including phenoxy) is 1. The molecule has 1 aromatic rings. The molecule has 0 radical (unpaired) electrons. The molecule has 1 heterocycles. The average molecular weight is 243 g/mol. The number of rotatable bonds is 5. The van der Waals surface area contributed by atoms with Crippen molar-refractivity contribution in [1.82, 2.24) is 15.1 Å². The summed E-state index contributed by atoms with van der Waals surface area (Å²) in [5.74, 6) is 0.509. The van der Waals surface area contributed by atoms with Crippen LogP contribution in [0.5, 0.6) is 5.75 Å². The van der Waals surface area contributed by atoms with Gasteiger partial charge in [0.05, 0.1) is 13.3 Å². The molecular weight excluding hydrogens is 221 g/mol. The van der Waals surface area contributed by atoms with Crippen molar-refractivity contribution in [3.8, 4) is 5.75 Å². The van der Waals surface area contributed by atoms with Crippen molar-refractivity contribution in [2.24, 2.45) is 0 Å². The summed E-state index contributed by atoms with van der Waals surface area (Å²) in [7, 11) is 1.53. The fraction of sp³-hybridized carbons (Fsp3) is 0.750. The summed E-state index contributed by atoms with van der Waals surface area (Å²) < 4.78 is 21.0. The first kappa shape index (κ1) is 14.0. The van der Waals surface area contributed by atoms with Crippen LogP contribution in [-0.4, -0.2) is 29.0 Å². The average Bonchev–Trinajstić information content (AvgIpc) is 2.67. The van der Waals surface area contributed by atoms with Gasteiger partial charge in [-0.05, 0) is 27.7 Å². The highest BCUT2D eigenvalue weighted by Crippen LogP contribution is 2.27. The monoisotopic (exact) mass is 243 g/mol. The maximum absolute atomic E-state index is 14.2. The minimum absolute atomic E-state index is 0.103. The van der Waals surface area contributed by atoms with Crippen LogP contribution in [0, 0.1) is 0 Å². The molecule has 1 unspecified atom stereocenters. The van der Waals surface area contributed by atoms with Crippen molar-refractivity contribution < 1.29 is 9.13 Å². The Morgan fingerprint density at radius 1 is 1.53 bits per heavy atom. The Labute approximate surface area is 102 Å². The van der Waals surface area contributed by atoms with Crippen molar-refractivity contribution in [1.29, 1.82) is 0 Å². The van der Waals surface area contributed by atoms with Crippen molar-refractivity contribution in [3.05, 3.63) is 11.9 Å². The van der Waals surface area contributed by atoms with Gasteiger partial charge in [-0.15, -0.1) is 0 Å². The number of aromatic nitrogens is 2. The quantitative estimate of drug-likeness (QED) is 0.862. The largest absolute Gasteiger partial charge is 0.493 e. The van der Waals surface area contributed by atoms with Crippen LogP contribution in [0.4, 0.5) is 4.39 Å². The molecule has 98 valence electrons. The predicted octanol–water partition coefficient (Wildman–Crippen LogP) is 2.31. The number of aryl methyl sites for hydroxylation is 1. The second kappa shape index (κ2) is 5.49. The van der Waals surface area contributed by atoms with E-state index in [-0.39, 0.29) is 12.1 Å². The van der Waals surface area contributed by atoms with Crippen LogP contribution in [0.3, 0.4) is 0 Å². The molecule has 0 fully saturated rings. The Hall–Kier alpha value is -1.10. The van der Waals surface area contributed by atoms with Gasteiger partial charge in [0.25, 0.3) is 0 Å². The van der Waals surface area contributed by atoms with Crippen LogP contribution in [0.25, 0.3) is 0 Å². The van der Waals surface area contributed by atoms with E-state index >= 15 is 0 Å². The highest BCUT2D eigenvalue weighted by Gasteiger charge is 2.22. The lowest BCUT2D eigenvalue weighted by molar-refractivity contribution is 0.268. The lowest BCUT2D eigenvalue weighted by Crippen LogP contribution is -2.38. The Morgan fingerprint density at radius 3 is 2.65 bits per heavy atom. The van der Waals surface area contributed by atoms with Crippen LogP contribution in [0.1, 0.15) is 39.6 Å². The molecule has 17 heavy (non-hydrogen) atoms. The third kappa shape index (κ3) is 3.70. The minimum Gasteiger partial charge on any atom is -0.493 e. The number of nitrogens with one attached hydrogen (secondary N) is 1. The van der Waals surface area contributed by atoms with Gasteiger partial charge < -0.3 is 10.1 Å². The molecule has 0 saturated heterocycles. The minimum atomic E-state index is -1.12. The smallest absolute Gasteiger partial charge is 0.163 e. The van der Waals surface area contributed by atoms with E-state index < -0.39 is 6.17 Å². The first-order valence-electron chi connectivity index (χ1n) is 5.87. The topological polar surface area (TPSA) is 39.1 Å². The van der Waals surface area contributed by atoms with Gasteiger partial charge in [-0.25, -0.2) is 4.39 Å². The third-order valence-electron chi connectivity index (χ3n) is 2.47. The van der Waals surface area contributed by atoms with Crippen LogP contribution in [0.2, 0.25) is 0 Å². The molecule has 0 aliphatic heterocycles. The number of hydrogen-bond acceptors (Lipinski definition) is 3. The summed E-state index contributed by atoms with van der Waals surface area (Å²) in [6.07, 6.45) is 0.439. The first-order valence-corrected chi connectivity index (χ1v) is 5.87. The van der Waals surface area contributed by atoms with Crippen molar-refractivity contribution >= 4 is 0 Å². The zero-order chi connectivity index (χ0) is 13.1. The van der Waals surface area contributed by atoms with E-state index in [1.807, 2.05) is 27.7 Å². The number of halogens is 1. The molecule has 4 nitrogen and oxygen atoms in total. The summed E-state index contributed by atoms with van der Waals surface area (Å²) in [5.41, 5.74) is 0.404. The lowest BCUT2D eigenvalue weighted by Gasteiger charge is -2.22. The summed E-state index contributed by atoms with van der Waals surface area (Å²) in [4.78, 5) is 0. The normalized spacial score (nSPS) is 13.8. The Kier molecular flexibility index (Phi) is 4.51. The standard InChI is InChI=1S/C12H22FN3O/c1-6-16-11(10(17-5)8-15-16)9(13)7-14-12(2,3)4/h8-9,14H,6-7H2,1-5H3. The number of alkyl halides is 1. The van der Waals surface area contributed by atoms with Crippen molar-refractivity contribution in [3.63, 3.8) is 0 Å². The lowest BCUT2D eigenvalue weighted by atomic mass is 10.1. The summed E-state index contributed by atoms with van der Waals surface area (Å²) in [5, 5.41) is 7.24. The molecule has 5 heteroatoms. The maximum Gasteiger partial charge on any atom is 0.163 e. The predicted molar refractivity (Wildman–Crippen MR) is 66.1 cm³/mol. The molecule has 1 atom stereocenters. The van der Waals surface area contributed by atoms with Crippen LogP contribution < -0.4 is 10.1 Å². The van der Waals surface area contributed by atoms with E-state index in [1.165, 1.54) is 7.11 Å². The molecule has 0 bridgehead atoms. The maximum atomic E-state index is 14.2. The zero-order valence-corrected chi connectivity index (χ0v) is 11.2. The van der Waals surface area contributed by atoms with Gasteiger partial charge in [-0.3, -0.25) is 4.68 Å². The molecule has 0 saturated carbocycles. The molecule has 0 aromatic carbocycles. The fourth-order valence-electron chi connectivity index (χ4n) is 1.60. The van der Waals surface area contributed by atoms with E-state index in [4.69, 9.17) is 4.74 Å². The highest BCUT2D eigenvalue weighted by atomic mass is 19.1. The van der Waals surface area contributed by atoms with Gasteiger partial charge in [-0.1, -0.05) is 0 Å². The van der Waals surface area contributed by atoms with E-state index in [0.717, 1.165) is 0 Å². The van der Waals surface area contributed by atoms with Gasteiger partial charge in [0, 0.05) is 18.6 Å². The SMILES string of the molecule is CCn1ncc(OC)c1C(F)CNC(C)(C)C.